The van der Waals surface area contributed by atoms with Crippen molar-refractivity contribution in [3.63, 3.8) is 0 Å². The molecule has 0 aromatic heterocycles. The van der Waals surface area contributed by atoms with Crippen molar-refractivity contribution in [2.45, 2.75) is 6.54 Å². The molecule has 0 unspecified atom stereocenters. The molecule has 0 aliphatic carbocycles. The van der Waals surface area contributed by atoms with Crippen molar-refractivity contribution >= 4 is 0 Å². The Balaban J connectivity index is 1.94. The van der Waals surface area contributed by atoms with Crippen LogP contribution in [0.4, 0.5) is 8.78 Å². The van der Waals surface area contributed by atoms with Crippen LogP contribution in [0, 0.1) is 17.6 Å². The van der Waals surface area contributed by atoms with Crippen molar-refractivity contribution in [1.82, 2.24) is 4.90 Å². The molecule has 15 heavy (non-hydrogen) atoms. The summed E-state index contributed by atoms with van der Waals surface area (Å²) in [4.78, 5) is 2.11. The van der Waals surface area contributed by atoms with Crippen molar-refractivity contribution in [1.29, 1.82) is 0 Å². The van der Waals surface area contributed by atoms with E-state index < -0.39 is 11.6 Å². The van der Waals surface area contributed by atoms with Crippen molar-refractivity contribution < 1.29 is 8.78 Å². The Hall–Kier alpha value is -1.00. The highest BCUT2D eigenvalue weighted by Gasteiger charge is 2.25. The van der Waals surface area contributed by atoms with Crippen molar-refractivity contribution in [3.05, 3.63) is 35.4 Å². The van der Waals surface area contributed by atoms with Gasteiger partial charge in [0.2, 0.25) is 0 Å². The summed E-state index contributed by atoms with van der Waals surface area (Å²) in [5, 5.41) is 0. The molecule has 2 N–H and O–H groups in total. The zero-order chi connectivity index (χ0) is 10.8. The van der Waals surface area contributed by atoms with Gasteiger partial charge in [0.1, 0.15) is 11.6 Å². The van der Waals surface area contributed by atoms with Crippen molar-refractivity contribution in [3.8, 4) is 0 Å². The highest BCUT2D eigenvalue weighted by Crippen LogP contribution is 2.19. The summed E-state index contributed by atoms with van der Waals surface area (Å²) in [6.45, 7) is 3.05. The molecule has 1 aromatic rings. The minimum atomic E-state index is -0.528. The first-order valence-corrected chi connectivity index (χ1v) is 5.05. The third-order valence-electron chi connectivity index (χ3n) is 2.78. The lowest BCUT2D eigenvalue weighted by atomic mass is 9.99. The average molecular weight is 212 g/mol. The van der Waals surface area contributed by atoms with E-state index in [0.717, 1.165) is 19.2 Å². The summed E-state index contributed by atoms with van der Waals surface area (Å²) in [6, 6.07) is 3.72. The van der Waals surface area contributed by atoms with Crippen LogP contribution in [0.25, 0.3) is 0 Å². The van der Waals surface area contributed by atoms with E-state index in [2.05, 4.69) is 4.90 Å². The predicted octanol–water partition coefficient (Wildman–Crippen LogP) is 1.36. The zero-order valence-electron chi connectivity index (χ0n) is 8.42. The van der Waals surface area contributed by atoms with Gasteiger partial charge in [0, 0.05) is 31.3 Å². The molecule has 0 amide bonds. The molecular weight excluding hydrogens is 198 g/mol. The van der Waals surface area contributed by atoms with Crippen LogP contribution in [0.5, 0.6) is 0 Å². The van der Waals surface area contributed by atoms with Gasteiger partial charge in [-0.2, -0.15) is 0 Å². The van der Waals surface area contributed by atoms with E-state index in [1.807, 2.05) is 0 Å². The number of benzene rings is 1. The molecule has 1 saturated heterocycles. The van der Waals surface area contributed by atoms with Crippen LogP contribution in [0.3, 0.4) is 0 Å². The Morgan fingerprint density at radius 1 is 1.33 bits per heavy atom. The molecule has 0 bridgehead atoms. The first-order valence-electron chi connectivity index (χ1n) is 5.05. The maximum Gasteiger partial charge on any atom is 0.130 e. The van der Waals surface area contributed by atoms with E-state index in [1.54, 1.807) is 0 Å². The molecule has 4 heteroatoms. The van der Waals surface area contributed by atoms with Gasteiger partial charge in [0.05, 0.1) is 0 Å². The smallest absolute Gasteiger partial charge is 0.130 e. The van der Waals surface area contributed by atoms with Crippen LogP contribution in [-0.2, 0) is 6.54 Å². The molecule has 2 rings (SSSR count). The number of likely N-dealkylation sites (tertiary alicyclic amines) is 1. The monoisotopic (exact) mass is 212 g/mol. The second-order valence-electron chi connectivity index (χ2n) is 4.03. The summed E-state index contributed by atoms with van der Waals surface area (Å²) in [7, 11) is 0. The molecule has 1 fully saturated rings. The van der Waals surface area contributed by atoms with Crippen LogP contribution >= 0.6 is 0 Å². The minimum absolute atomic E-state index is 0.466. The van der Waals surface area contributed by atoms with Gasteiger partial charge in [-0.15, -0.1) is 0 Å². The lowest BCUT2D eigenvalue weighted by molar-refractivity contribution is 0.0966. The lowest BCUT2D eigenvalue weighted by Gasteiger charge is -2.38. The molecular formula is C11H14F2N2. The maximum absolute atomic E-state index is 13.3. The molecule has 82 valence electrons. The number of rotatable bonds is 3. The van der Waals surface area contributed by atoms with E-state index in [-0.39, 0.29) is 0 Å². The lowest BCUT2D eigenvalue weighted by Crippen LogP contribution is -2.49. The van der Waals surface area contributed by atoms with Gasteiger partial charge in [-0.25, -0.2) is 8.78 Å². The molecule has 0 atom stereocenters. The summed E-state index contributed by atoms with van der Waals surface area (Å²) < 4.78 is 25.9. The zero-order valence-corrected chi connectivity index (χ0v) is 8.42. The van der Waals surface area contributed by atoms with Crippen LogP contribution in [0.2, 0.25) is 0 Å². The Morgan fingerprint density at radius 2 is 2.07 bits per heavy atom. The highest BCUT2D eigenvalue weighted by atomic mass is 19.1. The third-order valence-corrected chi connectivity index (χ3v) is 2.78. The molecule has 1 heterocycles. The van der Waals surface area contributed by atoms with Crippen molar-refractivity contribution in [2.24, 2.45) is 11.7 Å². The molecule has 2 nitrogen and oxygen atoms in total. The Bertz CT molecular complexity index is 348. The molecule has 1 aliphatic heterocycles. The van der Waals surface area contributed by atoms with Gasteiger partial charge in [0.25, 0.3) is 0 Å². The topological polar surface area (TPSA) is 29.3 Å². The fourth-order valence-corrected chi connectivity index (χ4v) is 1.85. The van der Waals surface area contributed by atoms with Crippen LogP contribution in [0.15, 0.2) is 18.2 Å². The fourth-order valence-electron chi connectivity index (χ4n) is 1.85. The van der Waals surface area contributed by atoms with Gasteiger partial charge >= 0.3 is 0 Å². The van der Waals surface area contributed by atoms with E-state index in [9.17, 15) is 8.78 Å². The van der Waals surface area contributed by atoms with Gasteiger partial charge in [-0.05, 0) is 18.5 Å². The van der Waals surface area contributed by atoms with Crippen LogP contribution in [0.1, 0.15) is 5.56 Å². The van der Waals surface area contributed by atoms with Gasteiger partial charge in [0.15, 0.2) is 0 Å². The average Bonchev–Trinajstić information content (AvgIpc) is 2.13. The second-order valence-corrected chi connectivity index (χ2v) is 4.03. The number of nitrogens with zero attached hydrogens (tertiary/aromatic N) is 1. The summed E-state index contributed by atoms with van der Waals surface area (Å²) >= 11 is 0. The van der Waals surface area contributed by atoms with Gasteiger partial charge in [-0.1, -0.05) is 6.07 Å². The minimum Gasteiger partial charge on any atom is -0.330 e. The fraction of sp³-hybridized carbons (Fsp3) is 0.455. The quantitative estimate of drug-likeness (QED) is 0.819. The molecule has 1 aromatic carbocycles. The maximum atomic E-state index is 13.3. The normalized spacial score (nSPS) is 17.8. The number of hydrogen-bond acceptors (Lipinski definition) is 2. The standard InChI is InChI=1S/C11H14F2N2/c12-10-2-1-9(11(13)3-10)7-15-5-8(4-14)6-15/h1-3,8H,4-7,14H2. The van der Waals surface area contributed by atoms with Gasteiger partial charge in [-0.3, -0.25) is 4.90 Å². The van der Waals surface area contributed by atoms with E-state index >= 15 is 0 Å². The summed E-state index contributed by atoms with van der Waals surface area (Å²) in [5.41, 5.74) is 6.04. The Labute approximate surface area is 87.7 Å². The van der Waals surface area contributed by atoms with Crippen LogP contribution < -0.4 is 5.73 Å². The van der Waals surface area contributed by atoms with E-state index in [0.29, 0.717) is 24.6 Å². The largest absolute Gasteiger partial charge is 0.330 e. The molecule has 0 spiro atoms. The van der Waals surface area contributed by atoms with E-state index in [4.69, 9.17) is 5.73 Å². The van der Waals surface area contributed by atoms with Crippen LogP contribution in [-0.4, -0.2) is 24.5 Å². The summed E-state index contributed by atoms with van der Waals surface area (Å²) in [6.07, 6.45) is 0. The van der Waals surface area contributed by atoms with Crippen molar-refractivity contribution in [2.75, 3.05) is 19.6 Å². The van der Waals surface area contributed by atoms with E-state index in [1.165, 1.54) is 12.1 Å². The third kappa shape index (κ3) is 2.33. The first-order chi connectivity index (χ1) is 7.19. The number of halogens is 2. The second kappa shape index (κ2) is 4.24. The molecule has 0 saturated carbocycles. The molecule has 0 radical (unpaired) electrons. The van der Waals surface area contributed by atoms with Gasteiger partial charge < -0.3 is 5.73 Å². The molecule has 1 aliphatic rings. The summed E-state index contributed by atoms with van der Waals surface area (Å²) in [5.74, 6) is -0.459. The highest BCUT2D eigenvalue weighted by molar-refractivity contribution is 5.18. The number of hydrogen-bond donors (Lipinski definition) is 1. The predicted molar refractivity (Wildman–Crippen MR) is 54.2 cm³/mol. The number of nitrogens with two attached hydrogens (primary N) is 1. The Morgan fingerprint density at radius 3 is 2.67 bits per heavy atom. The Kier molecular flexibility index (Phi) is 2.98. The SMILES string of the molecule is NCC1CN(Cc2ccc(F)cc2F)C1. The first kappa shape index (κ1) is 10.5.